The van der Waals surface area contributed by atoms with Gasteiger partial charge in [-0.2, -0.15) is 18.3 Å². The number of fused-ring (bicyclic) bond motifs is 1. The zero-order valence-electron chi connectivity index (χ0n) is 22.0. The monoisotopic (exact) mass is 589 g/mol. The van der Waals surface area contributed by atoms with Crippen LogP contribution >= 0.6 is 11.6 Å². The van der Waals surface area contributed by atoms with Crippen LogP contribution in [0.25, 0.3) is 16.6 Å². The molecule has 1 aliphatic heterocycles. The van der Waals surface area contributed by atoms with Crippen molar-refractivity contribution in [2.45, 2.75) is 12.7 Å². The lowest BCUT2D eigenvalue weighted by Crippen LogP contribution is -2.36. The van der Waals surface area contributed by atoms with Crippen molar-refractivity contribution >= 4 is 40.2 Å². The average Bonchev–Trinajstić information content (AvgIpc) is 3.32. The van der Waals surface area contributed by atoms with Crippen molar-refractivity contribution in [2.75, 3.05) is 56.3 Å². The molecular weight excluding hydrogens is 563 g/mol. The lowest BCUT2D eigenvalue weighted by molar-refractivity contribution is -0.137. The number of nitrogens with two attached hydrogens (primary N) is 1. The normalized spacial score (nSPS) is 14.3. The first-order valence-electron chi connectivity index (χ1n) is 12.6. The largest absolute Gasteiger partial charge is 0.495 e. The summed E-state index contributed by atoms with van der Waals surface area (Å²) >= 11 is 5.65. The second-order valence-corrected chi connectivity index (χ2v) is 9.76. The molecular formula is C27H27ClF3N7O3. The minimum Gasteiger partial charge on any atom is -0.495 e. The van der Waals surface area contributed by atoms with E-state index in [-0.39, 0.29) is 12.2 Å². The van der Waals surface area contributed by atoms with Gasteiger partial charge >= 0.3 is 6.18 Å². The van der Waals surface area contributed by atoms with Gasteiger partial charge in [0.05, 0.1) is 48.8 Å². The Morgan fingerprint density at radius 2 is 1.95 bits per heavy atom. The number of morpholine rings is 1. The predicted molar refractivity (Wildman–Crippen MR) is 149 cm³/mol. The fourth-order valence-electron chi connectivity index (χ4n) is 4.66. The Balaban J connectivity index is 1.34. The Kier molecular flexibility index (Phi) is 8.20. The Morgan fingerprint density at radius 3 is 2.68 bits per heavy atom. The van der Waals surface area contributed by atoms with Crippen LogP contribution in [0.1, 0.15) is 11.3 Å². The summed E-state index contributed by atoms with van der Waals surface area (Å²) in [5, 5.41) is 9.40. The summed E-state index contributed by atoms with van der Waals surface area (Å²) in [5.41, 5.74) is 8.95. The van der Waals surface area contributed by atoms with E-state index in [0.29, 0.717) is 42.5 Å². The molecule has 1 amide bonds. The van der Waals surface area contributed by atoms with E-state index in [1.807, 2.05) is 12.1 Å². The third kappa shape index (κ3) is 6.32. The third-order valence-electron chi connectivity index (χ3n) is 6.65. The molecule has 0 radical (unpaired) electrons. The molecule has 41 heavy (non-hydrogen) atoms. The second-order valence-electron chi connectivity index (χ2n) is 9.35. The van der Waals surface area contributed by atoms with Gasteiger partial charge in [0.25, 0.3) is 0 Å². The number of anilines is 3. The minimum absolute atomic E-state index is 0.0240. The number of carbonyl (C=O) groups is 1. The van der Waals surface area contributed by atoms with Gasteiger partial charge in [-0.25, -0.2) is 9.50 Å². The summed E-state index contributed by atoms with van der Waals surface area (Å²) in [6.45, 7) is 3.40. The molecule has 2 aromatic heterocycles. The van der Waals surface area contributed by atoms with Gasteiger partial charge in [-0.05, 0) is 42.0 Å². The first-order valence-corrected chi connectivity index (χ1v) is 13.0. The first-order chi connectivity index (χ1) is 19.6. The van der Waals surface area contributed by atoms with Crippen molar-refractivity contribution in [1.82, 2.24) is 19.5 Å². The maximum absolute atomic E-state index is 13.1. The maximum atomic E-state index is 13.1. The van der Waals surface area contributed by atoms with E-state index >= 15 is 0 Å². The molecule has 5 rings (SSSR count). The van der Waals surface area contributed by atoms with Crippen molar-refractivity contribution in [3.63, 3.8) is 0 Å². The van der Waals surface area contributed by atoms with E-state index in [1.54, 1.807) is 16.6 Å². The first kappa shape index (κ1) is 28.5. The average molecular weight is 590 g/mol. The topological polar surface area (TPSA) is 119 Å². The van der Waals surface area contributed by atoms with Crippen LogP contribution in [0.15, 0.2) is 48.8 Å². The van der Waals surface area contributed by atoms with Gasteiger partial charge in [-0.15, -0.1) is 0 Å². The van der Waals surface area contributed by atoms with Crippen molar-refractivity contribution in [2.24, 2.45) is 0 Å². The zero-order valence-corrected chi connectivity index (χ0v) is 22.7. The van der Waals surface area contributed by atoms with E-state index in [0.717, 1.165) is 42.0 Å². The SMILES string of the molecule is COc1cc(-c2cc(CN3CCOCC3)n3ncnc(N)c23)ccc1NCC(=O)Nc1ccc(Cl)c(C(F)(F)F)c1. The van der Waals surface area contributed by atoms with E-state index in [2.05, 4.69) is 25.6 Å². The summed E-state index contributed by atoms with van der Waals surface area (Å²) < 4.78 is 52.2. The van der Waals surface area contributed by atoms with Crippen LogP contribution < -0.4 is 21.1 Å². The molecule has 10 nitrogen and oxygen atoms in total. The maximum Gasteiger partial charge on any atom is 0.417 e. The molecule has 0 bridgehead atoms. The number of rotatable bonds is 8. The molecule has 1 saturated heterocycles. The van der Waals surface area contributed by atoms with Crippen molar-refractivity contribution in [1.29, 1.82) is 0 Å². The number of alkyl halides is 3. The summed E-state index contributed by atoms with van der Waals surface area (Å²) in [4.78, 5) is 19.0. The molecule has 0 unspecified atom stereocenters. The Morgan fingerprint density at radius 1 is 1.17 bits per heavy atom. The molecule has 4 N–H and O–H groups in total. The number of halogens is 4. The van der Waals surface area contributed by atoms with Gasteiger partial charge in [0.1, 0.15) is 17.6 Å². The number of methoxy groups -OCH3 is 1. The number of amides is 1. The minimum atomic E-state index is -4.64. The molecule has 0 aliphatic carbocycles. The fraction of sp³-hybridized carbons (Fsp3) is 0.296. The highest BCUT2D eigenvalue weighted by atomic mass is 35.5. The highest BCUT2D eigenvalue weighted by Gasteiger charge is 2.33. The van der Waals surface area contributed by atoms with Crippen LogP contribution in [0.2, 0.25) is 5.02 Å². The number of benzene rings is 2. The number of nitrogen functional groups attached to an aromatic ring is 1. The highest BCUT2D eigenvalue weighted by Crippen LogP contribution is 2.37. The van der Waals surface area contributed by atoms with Crippen LogP contribution in [-0.2, 0) is 22.3 Å². The molecule has 0 spiro atoms. The zero-order chi connectivity index (χ0) is 29.1. The fourth-order valence-corrected chi connectivity index (χ4v) is 4.88. The smallest absolute Gasteiger partial charge is 0.417 e. The van der Waals surface area contributed by atoms with Crippen molar-refractivity contribution in [3.05, 3.63) is 65.1 Å². The number of aromatic nitrogens is 3. The predicted octanol–water partition coefficient (Wildman–Crippen LogP) is 4.54. The molecule has 14 heteroatoms. The van der Waals surface area contributed by atoms with Gasteiger partial charge in [0, 0.05) is 30.9 Å². The van der Waals surface area contributed by atoms with Crippen molar-refractivity contribution in [3.8, 4) is 16.9 Å². The van der Waals surface area contributed by atoms with E-state index in [4.69, 9.17) is 26.8 Å². The number of carbonyl (C=O) groups excluding carboxylic acids is 1. The van der Waals surface area contributed by atoms with Gasteiger partial charge < -0.3 is 25.8 Å². The Hall–Kier alpha value is -4.07. The van der Waals surface area contributed by atoms with Crippen molar-refractivity contribution < 1.29 is 27.4 Å². The second kappa shape index (κ2) is 11.8. The lowest BCUT2D eigenvalue weighted by atomic mass is 10.1. The van der Waals surface area contributed by atoms with Gasteiger partial charge in [0.15, 0.2) is 5.82 Å². The van der Waals surface area contributed by atoms with Gasteiger partial charge in [-0.3, -0.25) is 9.69 Å². The summed E-state index contributed by atoms with van der Waals surface area (Å²) in [5.74, 6) is 0.227. The van der Waals surface area contributed by atoms with Gasteiger partial charge in [0.2, 0.25) is 5.91 Å². The number of hydrogen-bond donors (Lipinski definition) is 3. The summed E-state index contributed by atoms with van der Waals surface area (Å²) in [7, 11) is 1.50. The molecule has 2 aromatic carbocycles. The van der Waals surface area contributed by atoms with Crippen LogP contribution in [0, 0.1) is 0 Å². The number of ether oxygens (including phenoxy) is 2. The quantitative estimate of drug-likeness (QED) is 0.274. The molecule has 3 heterocycles. The highest BCUT2D eigenvalue weighted by molar-refractivity contribution is 6.31. The van der Waals surface area contributed by atoms with Crippen LogP contribution in [0.4, 0.5) is 30.4 Å². The number of hydrogen-bond acceptors (Lipinski definition) is 8. The Labute approximate surface area is 238 Å². The molecule has 0 atom stereocenters. The molecule has 1 aliphatic rings. The summed E-state index contributed by atoms with van der Waals surface area (Å²) in [6, 6.07) is 10.6. The van der Waals surface area contributed by atoms with E-state index < -0.39 is 22.7 Å². The molecule has 0 saturated carbocycles. The lowest BCUT2D eigenvalue weighted by Gasteiger charge is -2.26. The number of nitrogens with zero attached hydrogens (tertiary/aromatic N) is 4. The standard InChI is InChI=1S/C27H27ClF3N7O3/c1-40-23-10-16(19-12-18(14-37-6-8-41-9-7-37)38-25(19)26(32)34-15-35-38)2-5-22(23)33-13-24(39)36-17-3-4-21(28)20(11-17)27(29,30)31/h2-5,10-12,15,33H,6-9,13-14H2,1H3,(H,36,39)(H2,32,34,35). The molecule has 1 fully saturated rings. The number of nitrogens with one attached hydrogen (secondary N) is 2. The molecule has 4 aromatic rings. The molecule has 216 valence electrons. The van der Waals surface area contributed by atoms with Gasteiger partial charge in [-0.1, -0.05) is 17.7 Å². The van der Waals surface area contributed by atoms with E-state index in [9.17, 15) is 18.0 Å². The summed E-state index contributed by atoms with van der Waals surface area (Å²) in [6.07, 6.45) is -3.22. The third-order valence-corrected chi connectivity index (χ3v) is 6.98. The van der Waals surface area contributed by atoms with E-state index in [1.165, 1.54) is 19.5 Å². The van der Waals surface area contributed by atoms with Crippen LogP contribution in [0.3, 0.4) is 0 Å². The Bertz CT molecular complexity index is 1570. The van der Waals surface area contributed by atoms with Crippen LogP contribution in [0.5, 0.6) is 5.75 Å². The van der Waals surface area contributed by atoms with Crippen LogP contribution in [-0.4, -0.2) is 65.4 Å².